The largest absolute Gasteiger partial charge is 0.417 e. The molecular weight excluding hydrogens is 496 g/mol. The molecule has 3 aliphatic rings. The van der Waals surface area contributed by atoms with Crippen LogP contribution in [0.3, 0.4) is 0 Å². The average molecular weight is 513 g/mol. The molecule has 0 saturated carbocycles. The van der Waals surface area contributed by atoms with Crippen LogP contribution in [0.4, 0.5) is 5.13 Å². The Morgan fingerprint density at radius 3 is 2.77 bits per heavy atom. The Morgan fingerprint density at radius 1 is 1.29 bits per heavy atom. The highest BCUT2D eigenvalue weighted by Gasteiger charge is 2.55. The van der Waals surface area contributed by atoms with Crippen LogP contribution in [0.15, 0.2) is 53.6 Å². The number of benzene rings is 1. The molecule has 0 spiro atoms. The minimum atomic E-state index is -1.26. The number of ether oxygens (including phenoxy) is 2. The van der Waals surface area contributed by atoms with Gasteiger partial charge in [-0.1, -0.05) is 30.9 Å². The van der Waals surface area contributed by atoms with Crippen LogP contribution in [-0.4, -0.2) is 56.6 Å². The lowest BCUT2D eigenvalue weighted by atomic mass is 10.0. The molecule has 2 aromatic rings. The Labute approximate surface area is 206 Å². The fourth-order valence-electron chi connectivity index (χ4n) is 3.86. The molecule has 1 fully saturated rings. The summed E-state index contributed by atoms with van der Waals surface area (Å²) in [5, 5.41) is 3.25. The molecule has 13 heteroatoms. The summed E-state index contributed by atoms with van der Waals surface area (Å²) in [5.41, 5.74) is 6.46. The molecule has 2 amide bonds. The molecule has 1 saturated heterocycles. The van der Waals surface area contributed by atoms with Crippen molar-refractivity contribution in [1.82, 2.24) is 15.2 Å². The molecule has 0 aliphatic carbocycles. The Balaban J connectivity index is 1.32. The number of β-lactam (4-membered cyclic amide) rings is 1. The van der Waals surface area contributed by atoms with Crippen LogP contribution in [0.25, 0.3) is 0 Å². The van der Waals surface area contributed by atoms with Crippen molar-refractivity contribution < 1.29 is 33.4 Å². The summed E-state index contributed by atoms with van der Waals surface area (Å²) >= 11 is 2.30. The fourth-order valence-corrected chi connectivity index (χ4v) is 5.74. The first-order chi connectivity index (χ1) is 16.8. The second-order valence-electron chi connectivity index (χ2n) is 7.57. The molecule has 4 heterocycles. The zero-order valence-electron chi connectivity index (χ0n) is 17.8. The maximum atomic E-state index is 13.1. The molecule has 3 atom stereocenters. The maximum absolute atomic E-state index is 13.1. The van der Waals surface area contributed by atoms with Gasteiger partial charge in [-0.3, -0.25) is 19.3 Å². The van der Waals surface area contributed by atoms with Crippen LogP contribution in [0.5, 0.6) is 0 Å². The Hall–Kier alpha value is -3.97. The van der Waals surface area contributed by atoms with Gasteiger partial charge >= 0.3 is 11.9 Å². The van der Waals surface area contributed by atoms with Gasteiger partial charge in [-0.15, -0.1) is 23.1 Å². The Morgan fingerprint density at radius 2 is 2.06 bits per heavy atom. The van der Waals surface area contributed by atoms with Gasteiger partial charge in [0.05, 0.1) is 5.56 Å². The number of nitrogens with two attached hydrogens (primary N) is 1. The molecule has 11 nitrogen and oxygen atoms in total. The van der Waals surface area contributed by atoms with Crippen molar-refractivity contribution in [2.24, 2.45) is 0 Å². The lowest BCUT2D eigenvalue weighted by Gasteiger charge is -2.49. The predicted octanol–water partition coefficient (Wildman–Crippen LogP) is 1.16. The minimum Gasteiger partial charge on any atom is -0.417 e. The lowest BCUT2D eigenvalue weighted by molar-refractivity contribution is -0.168. The highest BCUT2D eigenvalue weighted by molar-refractivity contribution is 8.00. The van der Waals surface area contributed by atoms with E-state index in [1.54, 1.807) is 24.3 Å². The van der Waals surface area contributed by atoms with E-state index in [1.807, 2.05) is 0 Å². The normalized spacial score (nSPS) is 22.5. The smallest absolute Gasteiger partial charge is 0.358 e. The molecule has 1 aromatic heterocycles. The van der Waals surface area contributed by atoms with Crippen molar-refractivity contribution in [2.45, 2.75) is 17.7 Å². The third kappa shape index (κ3) is 3.78. The number of nitrogens with zero attached hydrogens (tertiary/aromatic N) is 2. The molecule has 178 valence electrons. The number of hydrogen-bond donors (Lipinski definition) is 2. The monoisotopic (exact) mass is 512 g/mol. The number of carbonyl (C=O) groups excluding carboxylic acids is 5. The second kappa shape index (κ2) is 8.67. The number of rotatable bonds is 6. The molecule has 5 rings (SSSR count). The van der Waals surface area contributed by atoms with Gasteiger partial charge < -0.3 is 20.5 Å². The number of anilines is 1. The van der Waals surface area contributed by atoms with E-state index < -0.39 is 47.2 Å². The molecule has 0 bridgehead atoms. The van der Waals surface area contributed by atoms with Crippen LogP contribution in [0.2, 0.25) is 0 Å². The van der Waals surface area contributed by atoms with Crippen LogP contribution in [-0.2, 0) is 23.9 Å². The summed E-state index contributed by atoms with van der Waals surface area (Å²) in [6, 6.07) is 5.46. The van der Waals surface area contributed by atoms with Gasteiger partial charge in [0.15, 0.2) is 5.13 Å². The van der Waals surface area contributed by atoms with Crippen molar-refractivity contribution >= 4 is 57.8 Å². The van der Waals surface area contributed by atoms with Gasteiger partial charge in [0.25, 0.3) is 23.9 Å². The lowest BCUT2D eigenvalue weighted by Crippen LogP contribution is -2.71. The quantitative estimate of drug-likeness (QED) is 0.249. The third-order valence-corrected chi connectivity index (χ3v) is 7.52. The molecule has 35 heavy (non-hydrogen) atoms. The predicted molar refractivity (Wildman–Crippen MR) is 124 cm³/mol. The zero-order chi connectivity index (χ0) is 24.9. The third-order valence-electron chi connectivity index (χ3n) is 5.55. The zero-order valence-corrected chi connectivity index (χ0v) is 19.4. The van der Waals surface area contributed by atoms with Crippen molar-refractivity contribution in [1.29, 1.82) is 0 Å². The molecule has 3 aliphatic heterocycles. The number of aromatic nitrogens is 1. The van der Waals surface area contributed by atoms with E-state index in [2.05, 4.69) is 16.9 Å². The number of Topliss-reactive ketones (excluding diaryl/α,β-unsaturated/α-hetero) is 1. The molecule has 1 aromatic carbocycles. The average Bonchev–Trinajstić information content (AvgIpc) is 3.43. The first-order valence-corrected chi connectivity index (χ1v) is 12.1. The van der Waals surface area contributed by atoms with E-state index in [1.165, 1.54) is 28.1 Å². The SMILES string of the molecule is C=CC1=C(C(=O)OC2OC(=O)c3ccccc32)N2C(=O)C(NC(=O)C(=O)c3csc(N)n3)[C@@H]2SC1. The van der Waals surface area contributed by atoms with E-state index in [4.69, 9.17) is 15.2 Å². The number of hydrogen-bond acceptors (Lipinski definition) is 11. The number of carbonyl (C=O) groups is 5. The molecule has 3 N–H and O–H groups in total. The summed E-state index contributed by atoms with van der Waals surface area (Å²) in [5.74, 6) is -3.74. The van der Waals surface area contributed by atoms with Gasteiger partial charge in [0, 0.05) is 16.7 Å². The van der Waals surface area contributed by atoms with Crippen LogP contribution in [0.1, 0.15) is 32.7 Å². The first-order valence-electron chi connectivity index (χ1n) is 10.2. The van der Waals surface area contributed by atoms with Crippen molar-refractivity contribution in [3.8, 4) is 0 Å². The highest BCUT2D eigenvalue weighted by Crippen LogP contribution is 2.42. The van der Waals surface area contributed by atoms with Crippen molar-refractivity contribution in [2.75, 3.05) is 11.5 Å². The summed E-state index contributed by atoms with van der Waals surface area (Å²) in [4.78, 5) is 67.8. The molecule has 2 unspecified atom stereocenters. The number of thioether (sulfide) groups is 1. The van der Waals surface area contributed by atoms with E-state index in [0.29, 0.717) is 16.9 Å². The second-order valence-corrected chi connectivity index (χ2v) is 9.56. The Kier molecular flexibility index (Phi) is 5.65. The molecular formula is C22H16N4O7S2. The summed E-state index contributed by atoms with van der Waals surface area (Å²) < 4.78 is 10.6. The summed E-state index contributed by atoms with van der Waals surface area (Å²) in [7, 11) is 0. The fraction of sp³-hybridized carbons (Fsp3) is 0.182. The van der Waals surface area contributed by atoms with Crippen LogP contribution < -0.4 is 11.1 Å². The number of esters is 2. The standard InChI is InChI=1S/C22H16N4O7S2/c1-2-9-7-34-18-13(25-16(28)15(27)12-8-35-22(23)24-12)17(29)26(18)14(9)20(31)33-21-11-6-4-3-5-10(11)19(30)32-21/h2-6,8,13,18,21H,1,7H2,(H2,23,24)(H,25,28)/t13?,18-,21?/m0/s1. The summed E-state index contributed by atoms with van der Waals surface area (Å²) in [6.07, 6.45) is 0.178. The van der Waals surface area contributed by atoms with Gasteiger partial charge in [-0.2, -0.15) is 0 Å². The van der Waals surface area contributed by atoms with Crippen LogP contribution in [0, 0.1) is 0 Å². The highest BCUT2D eigenvalue weighted by atomic mass is 32.2. The van der Waals surface area contributed by atoms with Crippen molar-refractivity contribution in [3.05, 3.63) is 70.4 Å². The van der Waals surface area contributed by atoms with E-state index in [-0.39, 0.29) is 22.1 Å². The Bertz CT molecular complexity index is 1350. The van der Waals surface area contributed by atoms with Gasteiger partial charge in [-0.25, -0.2) is 14.6 Å². The van der Waals surface area contributed by atoms with E-state index in [0.717, 1.165) is 11.3 Å². The van der Waals surface area contributed by atoms with Crippen molar-refractivity contribution in [3.63, 3.8) is 0 Å². The maximum Gasteiger partial charge on any atom is 0.358 e. The van der Waals surface area contributed by atoms with Gasteiger partial charge in [0.1, 0.15) is 22.8 Å². The van der Waals surface area contributed by atoms with Gasteiger partial charge in [0.2, 0.25) is 0 Å². The number of ketones is 1. The van der Waals surface area contributed by atoms with Gasteiger partial charge in [-0.05, 0) is 11.6 Å². The number of cyclic esters (lactones) is 1. The number of nitrogen functional groups attached to an aromatic ring is 1. The number of nitrogens with one attached hydrogen (secondary N) is 1. The van der Waals surface area contributed by atoms with Crippen LogP contribution >= 0.6 is 23.1 Å². The van der Waals surface area contributed by atoms with E-state index >= 15 is 0 Å². The number of fused-ring (bicyclic) bond motifs is 2. The minimum absolute atomic E-state index is 0.0571. The van der Waals surface area contributed by atoms with E-state index in [9.17, 15) is 24.0 Å². The number of allylic oxidation sites excluding steroid dienone is 1. The summed E-state index contributed by atoms with van der Waals surface area (Å²) in [6.45, 7) is 3.70. The number of amides is 2. The number of thiazole rings is 1. The first kappa shape index (κ1) is 22.8. The molecule has 0 radical (unpaired) electrons. The topological polar surface area (TPSA) is 158 Å².